The summed E-state index contributed by atoms with van der Waals surface area (Å²) in [5, 5.41) is 3.41. The maximum Gasteiger partial charge on any atom is 0.244 e. The van der Waals surface area contributed by atoms with E-state index in [1.807, 2.05) is 12.1 Å². The smallest absolute Gasteiger partial charge is 0.244 e. The molecule has 1 aromatic carbocycles. The van der Waals surface area contributed by atoms with E-state index in [-0.39, 0.29) is 10.9 Å². The van der Waals surface area contributed by atoms with Crippen LogP contribution < -0.4 is 10.1 Å². The average molecular weight is 445 g/mol. The number of hydrogen-bond acceptors (Lipinski definition) is 6. The molecule has 0 spiro atoms. The Kier molecular flexibility index (Phi) is 7.09. The van der Waals surface area contributed by atoms with Gasteiger partial charge in [0, 0.05) is 25.8 Å². The Hall–Kier alpha value is -2.16. The summed E-state index contributed by atoms with van der Waals surface area (Å²) in [6.07, 6.45) is 6.86. The van der Waals surface area contributed by atoms with Gasteiger partial charge in [0.2, 0.25) is 10.0 Å². The molecule has 0 aliphatic carbocycles. The summed E-state index contributed by atoms with van der Waals surface area (Å²) in [4.78, 5) is 7.16. The molecule has 1 atom stereocenters. The number of hydrogen-bond donors (Lipinski definition) is 1. The number of pyridine rings is 1. The highest BCUT2D eigenvalue weighted by Crippen LogP contribution is 2.27. The highest BCUT2D eigenvalue weighted by Gasteiger charge is 2.27. The van der Waals surface area contributed by atoms with Crippen LogP contribution in [0.2, 0.25) is 0 Å². The van der Waals surface area contributed by atoms with Crippen LogP contribution in [0, 0.1) is 0 Å². The van der Waals surface area contributed by atoms with E-state index in [0.717, 1.165) is 38.1 Å². The molecule has 2 fully saturated rings. The highest BCUT2D eigenvalue weighted by molar-refractivity contribution is 7.89. The number of methoxy groups -OCH3 is 1. The maximum absolute atomic E-state index is 12.8. The molecule has 3 heterocycles. The topological polar surface area (TPSA) is 74.8 Å². The van der Waals surface area contributed by atoms with Gasteiger partial charge in [-0.2, -0.15) is 4.31 Å². The summed E-state index contributed by atoms with van der Waals surface area (Å²) in [6.45, 7) is 4.07. The molecule has 2 aliphatic rings. The summed E-state index contributed by atoms with van der Waals surface area (Å²) >= 11 is 0. The molecule has 2 saturated heterocycles. The first kappa shape index (κ1) is 22.0. The van der Waals surface area contributed by atoms with Crippen molar-refractivity contribution in [2.24, 2.45) is 0 Å². The molecule has 0 radical (unpaired) electrons. The summed E-state index contributed by atoms with van der Waals surface area (Å²) in [5.41, 5.74) is 1.24. The Bertz CT molecular complexity index is 936. The van der Waals surface area contributed by atoms with Crippen LogP contribution in [0.3, 0.4) is 0 Å². The number of piperidine rings is 1. The molecule has 31 heavy (non-hydrogen) atoms. The Balaban J connectivity index is 1.44. The van der Waals surface area contributed by atoms with Crippen molar-refractivity contribution in [2.45, 2.75) is 43.0 Å². The van der Waals surface area contributed by atoms with Crippen LogP contribution in [0.5, 0.6) is 5.75 Å². The standard InChI is InChI=1S/C23H32N4O3S/c1-30-20-9-7-19(8-10-20)22(26-13-5-6-14-26)18-25-23-12-11-21(17-24-23)31(28,29)27-15-3-2-4-16-27/h7-12,17,22H,2-6,13-16,18H2,1H3,(H,24,25). The molecule has 1 unspecified atom stereocenters. The number of anilines is 1. The minimum atomic E-state index is -3.45. The molecule has 168 valence electrons. The zero-order valence-corrected chi connectivity index (χ0v) is 19.0. The number of benzene rings is 1. The molecular weight excluding hydrogens is 412 g/mol. The zero-order chi connectivity index (χ0) is 21.7. The van der Waals surface area contributed by atoms with Crippen molar-refractivity contribution >= 4 is 15.8 Å². The summed E-state index contributed by atoms with van der Waals surface area (Å²) in [5.74, 6) is 1.54. The van der Waals surface area contributed by atoms with E-state index in [4.69, 9.17) is 4.74 Å². The summed E-state index contributed by atoms with van der Waals surface area (Å²) in [7, 11) is -1.77. The first-order valence-electron chi connectivity index (χ1n) is 11.2. The molecule has 4 rings (SSSR count). The molecule has 0 saturated carbocycles. The molecule has 7 nitrogen and oxygen atoms in total. The van der Waals surface area contributed by atoms with Gasteiger partial charge in [-0.3, -0.25) is 4.90 Å². The zero-order valence-electron chi connectivity index (χ0n) is 18.2. The highest BCUT2D eigenvalue weighted by atomic mass is 32.2. The van der Waals surface area contributed by atoms with E-state index in [1.54, 1.807) is 23.5 Å². The van der Waals surface area contributed by atoms with Gasteiger partial charge >= 0.3 is 0 Å². The fraction of sp³-hybridized carbons (Fsp3) is 0.522. The van der Waals surface area contributed by atoms with Gasteiger partial charge in [0.05, 0.1) is 13.2 Å². The van der Waals surface area contributed by atoms with Crippen LogP contribution in [-0.2, 0) is 10.0 Å². The SMILES string of the molecule is COc1ccc(C(CNc2ccc(S(=O)(=O)N3CCCCC3)cn2)N2CCCC2)cc1. The largest absolute Gasteiger partial charge is 0.497 e. The third-order valence-corrected chi connectivity index (χ3v) is 8.13. The molecule has 1 aromatic heterocycles. The number of likely N-dealkylation sites (tertiary alicyclic amines) is 1. The predicted octanol–water partition coefficient (Wildman–Crippen LogP) is 3.51. The van der Waals surface area contributed by atoms with Gasteiger partial charge in [-0.1, -0.05) is 18.6 Å². The van der Waals surface area contributed by atoms with Crippen molar-refractivity contribution in [2.75, 3.05) is 45.2 Å². The Labute approximate surface area is 185 Å². The van der Waals surface area contributed by atoms with Crippen molar-refractivity contribution < 1.29 is 13.2 Å². The third kappa shape index (κ3) is 5.19. The van der Waals surface area contributed by atoms with Gasteiger partial charge in [0.15, 0.2) is 0 Å². The van der Waals surface area contributed by atoms with Crippen LogP contribution in [0.15, 0.2) is 47.5 Å². The lowest BCUT2D eigenvalue weighted by Crippen LogP contribution is -2.35. The number of sulfonamides is 1. The number of nitrogens with zero attached hydrogens (tertiary/aromatic N) is 3. The number of ether oxygens (including phenoxy) is 1. The monoisotopic (exact) mass is 444 g/mol. The second kappa shape index (κ2) is 9.97. The van der Waals surface area contributed by atoms with Crippen LogP contribution in [0.4, 0.5) is 5.82 Å². The van der Waals surface area contributed by atoms with Crippen molar-refractivity contribution in [1.29, 1.82) is 0 Å². The fourth-order valence-corrected chi connectivity index (χ4v) is 5.89. The molecule has 0 amide bonds. The summed E-state index contributed by atoms with van der Waals surface area (Å²) in [6, 6.07) is 11.9. The minimum absolute atomic E-state index is 0.229. The van der Waals surface area contributed by atoms with Crippen LogP contribution in [-0.4, -0.2) is 62.4 Å². The van der Waals surface area contributed by atoms with E-state index in [1.165, 1.54) is 24.6 Å². The van der Waals surface area contributed by atoms with Crippen molar-refractivity contribution in [3.8, 4) is 5.75 Å². The molecular formula is C23H32N4O3S. The van der Waals surface area contributed by atoms with E-state index >= 15 is 0 Å². The van der Waals surface area contributed by atoms with Gasteiger partial charge in [-0.15, -0.1) is 0 Å². The molecule has 0 bridgehead atoms. The second-order valence-electron chi connectivity index (χ2n) is 8.26. The number of rotatable bonds is 8. The van der Waals surface area contributed by atoms with Crippen LogP contribution in [0.25, 0.3) is 0 Å². The van der Waals surface area contributed by atoms with Crippen LogP contribution in [0.1, 0.15) is 43.7 Å². The van der Waals surface area contributed by atoms with E-state index in [9.17, 15) is 8.42 Å². The Morgan fingerprint density at radius 2 is 1.65 bits per heavy atom. The lowest BCUT2D eigenvalue weighted by Gasteiger charge is -2.28. The van der Waals surface area contributed by atoms with Gasteiger partial charge in [-0.25, -0.2) is 13.4 Å². The van der Waals surface area contributed by atoms with Crippen molar-refractivity contribution in [3.05, 3.63) is 48.2 Å². The summed E-state index contributed by atoms with van der Waals surface area (Å²) < 4.78 is 32.5. The normalized spacial score (nSPS) is 19.3. The van der Waals surface area contributed by atoms with Crippen LogP contribution >= 0.6 is 0 Å². The lowest BCUT2D eigenvalue weighted by atomic mass is 10.1. The molecule has 2 aromatic rings. The first-order valence-corrected chi connectivity index (χ1v) is 12.6. The molecule has 8 heteroatoms. The Morgan fingerprint density at radius 1 is 0.968 bits per heavy atom. The van der Waals surface area contributed by atoms with Crippen molar-refractivity contribution in [3.63, 3.8) is 0 Å². The minimum Gasteiger partial charge on any atom is -0.497 e. The van der Waals surface area contributed by atoms with Gasteiger partial charge in [-0.05, 0) is 68.6 Å². The van der Waals surface area contributed by atoms with Gasteiger partial charge < -0.3 is 10.1 Å². The van der Waals surface area contributed by atoms with Crippen molar-refractivity contribution in [1.82, 2.24) is 14.2 Å². The van der Waals surface area contributed by atoms with E-state index < -0.39 is 10.0 Å². The Morgan fingerprint density at radius 3 is 2.26 bits per heavy atom. The predicted molar refractivity (Wildman–Crippen MR) is 122 cm³/mol. The quantitative estimate of drug-likeness (QED) is 0.672. The average Bonchev–Trinajstić information content (AvgIpc) is 3.35. The lowest BCUT2D eigenvalue weighted by molar-refractivity contribution is 0.255. The third-order valence-electron chi connectivity index (χ3n) is 6.25. The second-order valence-corrected chi connectivity index (χ2v) is 10.2. The maximum atomic E-state index is 12.8. The number of aromatic nitrogens is 1. The van der Waals surface area contributed by atoms with Gasteiger partial charge in [0.25, 0.3) is 0 Å². The molecule has 1 N–H and O–H groups in total. The fourth-order valence-electron chi connectivity index (χ4n) is 4.43. The van der Waals surface area contributed by atoms with E-state index in [2.05, 4.69) is 27.3 Å². The number of nitrogens with one attached hydrogen (secondary N) is 1. The van der Waals surface area contributed by atoms with Gasteiger partial charge in [0.1, 0.15) is 16.5 Å². The first-order chi connectivity index (χ1) is 15.1. The van der Waals surface area contributed by atoms with E-state index in [0.29, 0.717) is 25.5 Å². The molecule has 2 aliphatic heterocycles.